The topological polar surface area (TPSA) is 49.3 Å². The van der Waals surface area contributed by atoms with E-state index in [1.807, 2.05) is 0 Å². The Balaban J connectivity index is 2.50. The van der Waals surface area contributed by atoms with E-state index in [1.54, 1.807) is 11.8 Å². The second kappa shape index (κ2) is 3.66. The van der Waals surface area contributed by atoms with Crippen LogP contribution < -0.4 is 5.32 Å². The molecule has 0 saturated carbocycles. The lowest BCUT2D eigenvalue weighted by Crippen LogP contribution is -2.35. The van der Waals surface area contributed by atoms with E-state index >= 15 is 0 Å². The Morgan fingerprint density at radius 1 is 1.67 bits per heavy atom. The summed E-state index contributed by atoms with van der Waals surface area (Å²) in [6, 6.07) is -0.348. The van der Waals surface area contributed by atoms with Crippen molar-refractivity contribution in [3.63, 3.8) is 0 Å². The Morgan fingerprint density at radius 2 is 2.33 bits per heavy atom. The Morgan fingerprint density at radius 3 is 2.92 bits per heavy atom. The van der Waals surface area contributed by atoms with E-state index in [0.29, 0.717) is 0 Å². The van der Waals surface area contributed by atoms with Crippen molar-refractivity contribution in [1.29, 1.82) is 0 Å². The molecular formula is C8H15NO2S. The first-order valence-electron chi connectivity index (χ1n) is 4.11. The van der Waals surface area contributed by atoms with E-state index in [4.69, 9.17) is 5.11 Å². The maximum Gasteiger partial charge on any atom is 0.320 e. The monoisotopic (exact) mass is 189 g/mol. The number of rotatable bonds is 1. The van der Waals surface area contributed by atoms with Crippen molar-refractivity contribution < 1.29 is 9.90 Å². The second-order valence-electron chi connectivity index (χ2n) is 3.68. The maximum atomic E-state index is 10.6. The molecule has 1 unspecified atom stereocenters. The molecule has 1 saturated heterocycles. The van der Waals surface area contributed by atoms with Crippen molar-refractivity contribution in [2.24, 2.45) is 0 Å². The van der Waals surface area contributed by atoms with Crippen LogP contribution in [0.1, 0.15) is 26.7 Å². The third-order valence-electron chi connectivity index (χ3n) is 2.13. The third-order valence-corrected chi connectivity index (χ3v) is 3.42. The lowest BCUT2D eigenvalue weighted by atomic mass is 10.0. The molecular weight excluding hydrogens is 174 g/mol. The number of thioether (sulfide) groups is 1. The normalized spacial score (nSPS) is 29.3. The molecule has 1 fully saturated rings. The first-order chi connectivity index (χ1) is 5.51. The van der Waals surface area contributed by atoms with Crippen LogP contribution in [0, 0.1) is 0 Å². The Kier molecular flexibility index (Phi) is 3.01. The van der Waals surface area contributed by atoms with E-state index < -0.39 is 5.97 Å². The highest BCUT2D eigenvalue weighted by Crippen LogP contribution is 2.31. The summed E-state index contributed by atoms with van der Waals surface area (Å²) >= 11 is 1.79. The molecule has 4 heteroatoms. The maximum absolute atomic E-state index is 10.6. The van der Waals surface area contributed by atoms with Crippen LogP contribution in [0.3, 0.4) is 0 Å². The smallest absolute Gasteiger partial charge is 0.320 e. The van der Waals surface area contributed by atoms with Gasteiger partial charge >= 0.3 is 5.97 Å². The van der Waals surface area contributed by atoms with Gasteiger partial charge in [0.2, 0.25) is 0 Å². The molecule has 1 aliphatic rings. The van der Waals surface area contributed by atoms with Crippen LogP contribution in [0.5, 0.6) is 0 Å². The van der Waals surface area contributed by atoms with Gasteiger partial charge in [-0.2, -0.15) is 0 Å². The quantitative estimate of drug-likeness (QED) is 0.652. The molecule has 12 heavy (non-hydrogen) atoms. The van der Waals surface area contributed by atoms with E-state index in [2.05, 4.69) is 19.2 Å². The van der Waals surface area contributed by atoms with E-state index in [0.717, 1.165) is 18.7 Å². The molecule has 0 aromatic carbocycles. The summed E-state index contributed by atoms with van der Waals surface area (Å²) in [7, 11) is 0. The summed E-state index contributed by atoms with van der Waals surface area (Å²) in [4.78, 5) is 10.6. The van der Waals surface area contributed by atoms with Gasteiger partial charge in [-0.25, -0.2) is 0 Å². The molecule has 1 rings (SSSR count). The van der Waals surface area contributed by atoms with Crippen molar-refractivity contribution in [2.75, 3.05) is 5.88 Å². The largest absolute Gasteiger partial charge is 0.480 e. The fourth-order valence-electron chi connectivity index (χ4n) is 1.21. The zero-order valence-corrected chi connectivity index (χ0v) is 8.28. The van der Waals surface area contributed by atoms with Gasteiger partial charge in [0.25, 0.3) is 0 Å². The van der Waals surface area contributed by atoms with Crippen LogP contribution in [0.15, 0.2) is 0 Å². The minimum atomic E-state index is -0.728. The van der Waals surface area contributed by atoms with Gasteiger partial charge in [0, 0.05) is 10.6 Å². The number of carboxylic acids is 1. The van der Waals surface area contributed by atoms with Gasteiger partial charge in [-0.3, -0.25) is 10.1 Å². The number of carboxylic acid groups (broad SMARTS) is 1. The Hall–Kier alpha value is -0.220. The summed E-state index contributed by atoms with van der Waals surface area (Å²) in [5.41, 5.74) is 0. The van der Waals surface area contributed by atoms with Crippen LogP contribution in [-0.2, 0) is 4.79 Å². The molecule has 3 nitrogen and oxygen atoms in total. The lowest BCUT2D eigenvalue weighted by molar-refractivity contribution is -0.139. The molecule has 0 aliphatic carbocycles. The first-order valence-corrected chi connectivity index (χ1v) is 5.10. The number of aliphatic carboxylic acids is 1. The van der Waals surface area contributed by atoms with Crippen LogP contribution in [-0.4, -0.2) is 27.7 Å². The van der Waals surface area contributed by atoms with E-state index in [9.17, 15) is 4.79 Å². The van der Waals surface area contributed by atoms with Gasteiger partial charge in [-0.15, -0.1) is 11.8 Å². The molecule has 0 aromatic rings. The minimum absolute atomic E-state index is 0.219. The predicted octanol–water partition coefficient (Wildman–Crippen LogP) is 1.29. The first kappa shape index (κ1) is 9.86. The molecule has 0 bridgehead atoms. The van der Waals surface area contributed by atoms with Gasteiger partial charge in [0.1, 0.15) is 6.04 Å². The number of hydrogen-bond donors (Lipinski definition) is 2. The molecule has 0 amide bonds. The fourth-order valence-corrected chi connectivity index (χ4v) is 2.15. The molecule has 70 valence electrons. The van der Waals surface area contributed by atoms with E-state index in [-0.39, 0.29) is 10.8 Å². The van der Waals surface area contributed by atoms with Crippen molar-refractivity contribution >= 4 is 17.7 Å². The molecule has 1 atom stereocenters. The SMILES string of the molecule is CC1(C)CCC(C(=O)O)NCS1. The summed E-state index contributed by atoms with van der Waals surface area (Å²) in [5.74, 6) is 0.0116. The highest BCUT2D eigenvalue weighted by Gasteiger charge is 2.27. The number of carbonyl (C=O) groups is 1. The van der Waals surface area contributed by atoms with Crippen molar-refractivity contribution in [1.82, 2.24) is 5.32 Å². The second-order valence-corrected chi connectivity index (χ2v) is 5.36. The van der Waals surface area contributed by atoms with Crippen LogP contribution in [0.25, 0.3) is 0 Å². The molecule has 0 aromatic heterocycles. The average molecular weight is 189 g/mol. The summed E-state index contributed by atoms with van der Waals surface area (Å²) in [5, 5.41) is 11.8. The van der Waals surface area contributed by atoms with Gasteiger partial charge in [0.15, 0.2) is 0 Å². The van der Waals surface area contributed by atoms with Gasteiger partial charge < -0.3 is 5.11 Å². The summed E-state index contributed by atoms with van der Waals surface area (Å²) in [6.07, 6.45) is 1.69. The molecule has 2 N–H and O–H groups in total. The van der Waals surface area contributed by atoms with E-state index in [1.165, 1.54) is 0 Å². The van der Waals surface area contributed by atoms with Crippen LogP contribution >= 0.6 is 11.8 Å². The molecule has 0 spiro atoms. The molecule has 0 radical (unpaired) electrons. The fraction of sp³-hybridized carbons (Fsp3) is 0.875. The number of nitrogens with one attached hydrogen (secondary N) is 1. The van der Waals surface area contributed by atoms with Gasteiger partial charge in [-0.1, -0.05) is 13.8 Å². The zero-order chi connectivity index (χ0) is 9.19. The zero-order valence-electron chi connectivity index (χ0n) is 7.46. The third kappa shape index (κ3) is 2.68. The van der Waals surface area contributed by atoms with Gasteiger partial charge in [-0.05, 0) is 12.8 Å². The molecule has 1 aliphatic heterocycles. The van der Waals surface area contributed by atoms with Crippen molar-refractivity contribution in [3.8, 4) is 0 Å². The van der Waals surface area contributed by atoms with Crippen LogP contribution in [0.4, 0.5) is 0 Å². The molecule has 1 heterocycles. The highest BCUT2D eigenvalue weighted by atomic mass is 32.2. The summed E-state index contributed by atoms with van der Waals surface area (Å²) in [6.45, 7) is 4.31. The standard InChI is InChI=1S/C8H15NO2S/c1-8(2)4-3-6(7(10)11)9-5-12-8/h6,9H,3-5H2,1-2H3,(H,10,11). The van der Waals surface area contributed by atoms with Crippen molar-refractivity contribution in [3.05, 3.63) is 0 Å². The predicted molar refractivity (Wildman–Crippen MR) is 50.3 cm³/mol. The number of hydrogen-bond acceptors (Lipinski definition) is 3. The van der Waals surface area contributed by atoms with Crippen molar-refractivity contribution in [2.45, 2.75) is 37.5 Å². The summed E-state index contributed by atoms with van der Waals surface area (Å²) < 4.78 is 0.219. The Bertz CT molecular complexity index is 182. The Labute approximate surface area is 76.9 Å². The van der Waals surface area contributed by atoms with Gasteiger partial charge in [0.05, 0.1) is 0 Å². The minimum Gasteiger partial charge on any atom is -0.480 e. The van der Waals surface area contributed by atoms with Crippen LogP contribution in [0.2, 0.25) is 0 Å². The average Bonchev–Trinajstić information content (AvgIpc) is 2.10. The highest BCUT2D eigenvalue weighted by molar-refractivity contribution is 8.00. The lowest BCUT2D eigenvalue weighted by Gasteiger charge is -2.20.